The molecule has 1 atom stereocenters. The number of nitrogens with zero attached hydrogens (tertiary/aromatic N) is 1. The number of benzene rings is 1. The van der Waals surface area contributed by atoms with Gasteiger partial charge in [-0.15, -0.1) is 0 Å². The molecule has 1 unspecified atom stereocenters. The zero-order valence-electron chi connectivity index (χ0n) is 17.9. The van der Waals surface area contributed by atoms with Crippen LogP contribution in [-0.4, -0.2) is 41.0 Å². The van der Waals surface area contributed by atoms with E-state index in [4.69, 9.17) is 32.2 Å². The van der Waals surface area contributed by atoms with E-state index in [9.17, 15) is 18.0 Å². The Kier molecular flexibility index (Phi) is 7.67. The molecule has 176 valence electrons. The molecule has 0 spiro atoms. The Hall–Kier alpha value is -3.02. The predicted molar refractivity (Wildman–Crippen MR) is 117 cm³/mol. The number of halogens is 3. The van der Waals surface area contributed by atoms with Crippen molar-refractivity contribution in [1.29, 1.82) is 0 Å². The molecule has 1 aromatic carbocycles. The summed E-state index contributed by atoms with van der Waals surface area (Å²) in [5.74, 6) is -4.52. The van der Waals surface area contributed by atoms with Crippen molar-refractivity contribution in [2.24, 2.45) is 5.73 Å². The normalized spacial score (nSPS) is 17.6. The van der Waals surface area contributed by atoms with Crippen molar-refractivity contribution >= 4 is 23.2 Å². The quantitative estimate of drug-likeness (QED) is 0.461. The maximum absolute atomic E-state index is 14.2. The minimum absolute atomic E-state index is 0.0244. The van der Waals surface area contributed by atoms with E-state index < -0.39 is 40.4 Å². The van der Waals surface area contributed by atoms with Gasteiger partial charge in [0, 0.05) is 12.6 Å². The lowest BCUT2D eigenvalue weighted by Gasteiger charge is -2.17. The highest BCUT2D eigenvalue weighted by molar-refractivity contribution is 7.80. The molecule has 1 aliphatic rings. The number of nitrogens with two attached hydrogens (primary N) is 1. The minimum Gasteiger partial charge on any atom is -0.482 e. The molecule has 11 heteroatoms. The fourth-order valence-electron chi connectivity index (χ4n) is 3.08. The van der Waals surface area contributed by atoms with Crippen LogP contribution in [0.4, 0.5) is 13.2 Å². The summed E-state index contributed by atoms with van der Waals surface area (Å²) in [5.41, 5.74) is 3.89. The molecule has 1 amide bonds. The highest BCUT2D eigenvalue weighted by Crippen LogP contribution is 2.27. The Morgan fingerprint density at radius 3 is 2.58 bits per heavy atom. The molecule has 2 aromatic rings. The number of carbonyl (C=O) groups excluding carboxylic acids is 1. The van der Waals surface area contributed by atoms with Gasteiger partial charge in [0.15, 0.2) is 5.79 Å². The summed E-state index contributed by atoms with van der Waals surface area (Å²) < 4.78 is 59.0. The second kappa shape index (κ2) is 10.3. The van der Waals surface area contributed by atoms with E-state index in [2.05, 4.69) is 10.3 Å². The topological polar surface area (TPSA) is 95.7 Å². The second-order valence-electron chi connectivity index (χ2n) is 7.53. The molecule has 2 heterocycles. The summed E-state index contributed by atoms with van der Waals surface area (Å²) in [4.78, 5) is 16.4. The monoisotopic (exact) mass is 481 g/mol. The molecule has 3 N–H and O–H groups in total. The van der Waals surface area contributed by atoms with E-state index in [1.54, 1.807) is 13.8 Å². The van der Waals surface area contributed by atoms with Crippen LogP contribution in [0.5, 0.6) is 0 Å². The number of hydrogen-bond donors (Lipinski definition) is 2. The number of pyridine rings is 1. The first kappa shape index (κ1) is 24.6. The van der Waals surface area contributed by atoms with Crippen LogP contribution >= 0.6 is 12.2 Å². The summed E-state index contributed by atoms with van der Waals surface area (Å²) >= 11 is 5.15. The summed E-state index contributed by atoms with van der Waals surface area (Å²) in [6, 6.07) is 5.00. The van der Waals surface area contributed by atoms with Crippen LogP contribution in [0, 0.1) is 17.5 Å². The molecule has 33 heavy (non-hydrogen) atoms. The average Bonchev–Trinajstić information content (AvgIpc) is 3.11. The molecule has 1 aliphatic heterocycles. The Bertz CT molecular complexity index is 1070. The van der Waals surface area contributed by atoms with Gasteiger partial charge in [-0.05, 0) is 50.3 Å². The number of rotatable bonds is 7. The van der Waals surface area contributed by atoms with Gasteiger partial charge in [-0.25, -0.2) is 18.2 Å². The molecule has 0 saturated carbocycles. The first-order chi connectivity index (χ1) is 15.6. The van der Waals surface area contributed by atoms with E-state index in [0.717, 1.165) is 36.5 Å². The first-order valence-electron chi connectivity index (χ1n) is 9.94. The molecule has 0 radical (unpaired) electrons. The fraction of sp³-hybridized carbons (Fsp3) is 0.318. The van der Waals surface area contributed by atoms with Gasteiger partial charge in [-0.2, -0.15) is 0 Å². The molecule has 0 bridgehead atoms. The Morgan fingerprint density at radius 1 is 1.27 bits per heavy atom. The number of amides is 1. The van der Waals surface area contributed by atoms with Gasteiger partial charge in [0.2, 0.25) is 5.05 Å². The Balaban J connectivity index is 1.65. The number of aromatic nitrogens is 1. The molecular weight excluding hydrogens is 459 g/mol. The number of hydrogen-bond acceptors (Lipinski definition) is 7. The summed E-state index contributed by atoms with van der Waals surface area (Å²) in [6.07, 6.45) is 1.36. The van der Waals surface area contributed by atoms with Crippen LogP contribution in [0.15, 0.2) is 42.2 Å². The number of nitrogens with one attached hydrogen (secondary N) is 1. The standard InChI is InChI=1S/C22H22F3N3O4S/c1-22(2)31-11-12(32-22)8-9-30-21(33)17(10-26)28-20(29)16-7-6-15(25)19(27-16)18-13(23)4-3-5-14(18)24/h3-7,10,12H,8-9,11,26H2,1-2H3,(H,28,29). The lowest BCUT2D eigenvalue weighted by atomic mass is 10.1. The van der Waals surface area contributed by atoms with Crippen molar-refractivity contribution < 1.29 is 32.2 Å². The highest BCUT2D eigenvalue weighted by atomic mass is 32.1. The second-order valence-corrected chi connectivity index (χ2v) is 7.90. The average molecular weight is 481 g/mol. The third kappa shape index (κ3) is 6.06. The molecule has 3 rings (SSSR count). The predicted octanol–water partition coefficient (Wildman–Crippen LogP) is 3.58. The van der Waals surface area contributed by atoms with Crippen molar-refractivity contribution in [1.82, 2.24) is 10.3 Å². The number of ether oxygens (including phenoxy) is 3. The Morgan fingerprint density at radius 2 is 1.97 bits per heavy atom. The van der Waals surface area contributed by atoms with E-state index in [1.807, 2.05) is 0 Å². The van der Waals surface area contributed by atoms with Gasteiger partial charge in [-0.3, -0.25) is 4.79 Å². The van der Waals surface area contributed by atoms with Crippen molar-refractivity contribution in [3.8, 4) is 11.3 Å². The van der Waals surface area contributed by atoms with Gasteiger partial charge < -0.3 is 25.3 Å². The van der Waals surface area contributed by atoms with Gasteiger partial charge in [0.1, 0.15) is 34.5 Å². The zero-order chi connectivity index (χ0) is 24.2. The van der Waals surface area contributed by atoms with Crippen LogP contribution in [0.1, 0.15) is 30.8 Å². The summed E-state index contributed by atoms with van der Waals surface area (Å²) in [5, 5.41) is 2.31. The number of carbonyl (C=O) groups is 1. The largest absolute Gasteiger partial charge is 0.482 e. The van der Waals surface area contributed by atoms with Crippen LogP contribution in [0.3, 0.4) is 0 Å². The van der Waals surface area contributed by atoms with Crippen LogP contribution in [0.2, 0.25) is 0 Å². The van der Waals surface area contributed by atoms with Crippen molar-refractivity contribution in [2.75, 3.05) is 13.2 Å². The SMILES string of the molecule is CC1(C)OCC(CCOC(=S)C(=CN)NC(=O)c2ccc(F)c(-c3c(F)cccc3F)n2)O1. The minimum atomic E-state index is -1.02. The molecule has 7 nitrogen and oxygen atoms in total. The number of thiocarbonyl (C=S) groups is 1. The molecule has 0 aliphatic carbocycles. The fourth-order valence-corrected chi connectivity index (χ4v) is 3.28. The van der Waals surface area contributed by atoms with Crippen LogP contribution in [0.25, 0.3) is 11.3 Å². The van der Waals surface area contributed by atoms with E-state index in [-0.39, 0.29) is 29.2 Å². The Labute approximate surface area is 193 Å². The van der Waals surface area contributed by atoms with E-state index in [0.29, 0.717) is 13.0 Å². The van der Waals surface area contributed by atoms with E-state index >= 15 is 0 Å². The lowest BCUT2D eigenvalue weighted by molar-refractivity contribution is -0.139. The van der Waals surface area contributed by atoms with Gasteiger partial charge in [0.25, 0.3) is 5.91 Å². The van der Waals surface area contributed by atoms with Crippen molar-refractivity contribution in [3.05, 3.63) is 65.4 Å². The first-order valence-corrected chi connectivity index (χ1v) is 10.3. The van der Waals surface area contributed by atoms with Crippen LogP contribution in [-0.2, 0) is 14.2 Å². The maximum atomic E-state index is 14.2. The van der Waals surface area contributed by atoms with Gasteiger partial charge in [0.05, 0.1) is 24.9 Å². The molecular formula is C22H22F3N3O4S. The van der Waals surface area contributed by atoms with Crippen LogP contribution < -0.4 is 11.1 Å². The van der Waals surface area contributed by atoms with Crippen molar-refractivity contribution in [3.63, 3.8) is 0 Å². The van der Waals surface area contributed by atoms with Crippen molar-refractivity contribution in [2.45, 2.75) is 32.2 Å². The maximum Gasteiger partial charge on any atom is 0.274 e. The third-order valence-electron chi connectivity index (χ3n) is 4.65. The molecule has 1 saturated heterocycles. The smallest absolute Gasteiger partial charge is 0.274 e. The third-order valence-corrected chi connectivity index (χ3v) is 4.99. The molecule has 1 aromatic heterocycles. The molecule has 1 fully saturated rings. The lowest BCUT2D eigenvalue weighted by Crippen LogP contribution is -2.30. The van der Waals surface area contributed by atoms with Gasteiger partial charge in [-0.1, -0.05) is 6.07 Å². The van der Waals surface area contributed by atoms with Gasteiger partial charge >= 0.3 is 0 Å². The zero-order valence-corrected chi connectivity index (χ0v) is 18.7. The highest BCUT2D eigenvalue weighted by Gasteiger charge is 2.32. The van der Waals surface area contributed by atoms with E-state index in [1.165, 1.54) is 0 Å². The summed E-state index contributed by atoms with van der Waals surface area (Å²) in [6.45, 7) is 4.21. The summed E-state index contributed by atoms with van der Waals surface area (Å²) in [7, 11) is 0.